The Hall–Kier alpha value is -4.50. The Morgan fingerprint density at radius 1 is 1.00 bits per heavy atom. The maximum absolute atomic E-state index is 10.7. The molecule has 0 saturated carbocycles. The average molecular weight is 393 g/mol. The molecule has 0 bridgehead atoms. The van der Waals surface area contributed by atoms with Gasteiger partial charge < -0.3 is 4.74 Å². The largest absolute Gasteiger partial charge is 0.439 e. The van der Waals surface area contributed by atoms with Gasteiger partial charge in [-0.25, -0.2) is 4.98 Å². The monoisotopic (exact) mass is 393 g/mol. The lowest BCUT2D eigenvalue weighted by Gasteiger charge is -2.05. The number of rotatable bonds is 5. The first-order chi connectivity index (χ1) is 14.6. The van der Waals surface area contributed by atoms with Gasteiger partial charge in [-0.1, -0.05) is 48.5 Å². The van der Waals surface area contributed by atoms with Gasteiger partial charge in [0.1, 0.15) is 11.9 Å². The molecule has 0 atom stereocenters. The first-order valence-corrected chi connectivity index (χ1v) is 9.12. The fourth-order valence-corrected chi connectivity index (χ4v) is 3.00. The van der Waals surface area contributed by atoms with E-state index in [9.17, 15) is 15.4 Å². The zero-order chi connectivity index (χ0) is 20.9. The molecule has 4 rings (SSSR count). The normalized spacial score (nSPS) is 11.1. The Kier molecular flexibility index (Phi) is 5.18. The Morgan fingerprint density at radius 2 is 1.77 bits per heavy atom. The summed E-state index contributed by atoms with van der Waals surface area (Å²) in [5, 5.41) is 22.5. The third kappa shape index (κ3) is 4.16. The van der Waals surface area contributed by atoms with Crippen LogP contribution in [0.3, 0.4) is 0 Å². The van der Waals surface area contributed by atoms with Crippen molar-refractivity contribution in [2.24, 2.45) is 0 Å². The van der Waals surface area contributed by atoms with E-state index in [1.807, 2.05) is 60.7 Å². The first kappa shape index (κ1) is 18.8. The van der Waals surface area contributed by atoms with Crippen molar-refractivity contribution in [3.8, 4) is 17.7 Å². The zero-order valence-electron chi connectivity index (χ0n) is 15.7. The number of benzene rings is 3. The van der Waals surface area contributed by atoms with E-state index in [1.54, 1.807) is 12.1 Å². The molecule has 6 nitrogen and oxygen atoms in total. The topological polar surface area (TPSA) is 89.0 Å². The van der Waals surface area contributed by atoms with Gasteiger partial charge in [0.2, 0.25) is 5.88 Å². The van der Waals surface area contributed by atoms with Gasteiger partial charge in [0.25, 0.3) is 5.69 Å². The minimum Gasteiger partial charge on any atom is -0.439 e. The van der Waals surface area contributed by atoms with Gasteiger partial charge in [-0.15, -0.1) is 0 Å². The summed E-state index contributed by atoms with van der Waals surface area (Å²) in [5.41, 5.74) is 2.17. The van der Waals surface area contributed by atoms with Crippen LogP contribution in [-0.4, -0.2) is 9.91 Å². The van der Waals surface area contributed by atoms with Gasteiger partial charge in [-0.05, 0) is 46.2 Å². The van der Waals surface area contributed by atoms with Crippen LogP contribution in [0.15, 0.2) is 85.1 Å². The van der Waals surface area contributed by atoms with Crippen molar-refractivity contribution in [3.05, 3.63) is 106 Å². The summed E-state index contributed by atoms with van der Waals surface area (Å²) in [7, 11) is 0. The predicted molar refractivity (Wildman–Crippen MR) is 115 cm³/mol. The summed E-state index contributed by atoms with van der Waals surface area (Å²) in [5.74, 6) is 0.801. The number of fused-ring (bicyclic) bond motifs is 1. The summed E-state index contributed by atoms with van der Waals surface area (Å²) in [6.45, 7) is 0. The molecular formula is C24H15N3O3. The highest BCUT2D eigenvalue weighted by molar-refractivity contribution is 5.94. The lowest BCUT2D eigenvalue weighted by Crippen LogP contribution is -1.91. The fourth-order valence-electron chi connectivity index (χ4n) is 3.00. The molecule has 1 heterocycles. The molecule has 4 aromatic rings. The Bertz CT molecular complexity index is 1290. The van der Waals surface area contributed by atoms with E-state index >= 15 is 0 Å². The standard InChI is InChI=1S/C24H15N3O3/c25-15-21(20-8-7-18-3-1-2-4-19(18)14-20)13-17-5-10-23(11-6-17)30-24-12-9-22(16-26-24)27(28)29/h1-14,16H/b21-13-. The van der Waals surface area contributed by atoms with Crippen molar-refractivity contribution in [2.75, 3.05) is 0 Å². The number of nitrogens with zero attached hydrogens (tertiary/aromatic N) is 3. The number of nitro groups is 1. The van der Waals surface area contributed by atoms with Crippen LogP contribution in [-0.2, 0) is 0 Å². The van der Waals surface area contributed by atoms with Crippen LogP contribution < -0.4 is 4.74 Å². The second-order valence-corrected chi connectivity index (χ2v) is 6.51. The summed E-state index contributed by atoms with van der Waals surface area (Å²) >= 11 is 0. The van der Waals surface area contributed by atoms with Crippen LogP contribution in [0.25, 0.3) is 22.4 Å². The SMILES string of the molecule is N#C/C(=C/c1ccc(Oc2ccc([N+](=O)[O-])cn2)cc1)c1ccc2ccccc2c1. The summed E-state index contributed by atoms with van der Waals surface area (Å²) in [6, 6.07) is 26.2. The van der Waals surface area contributed by atoms with E-state index in [0.717, 1.165) is 28.1 Å². The van der Waals surface area contributed by atoms with E-state index in [-0.39, 0.29) is 11.6 Å². The van der Waals surface area contributed by atoms with Crippen molar-refractivity contribution in [3.63, 3.8) is 0 Å². The Balaban J connectivity index is 1.54. The highest BCUT2D eigenvalue weighted by Crippen LogP contribution is 2.25. The van der Waals surface area contributed by atoms with Gasteiger partial charge >= 0.3 is 0 Å². The number of pyridine rings is 1. The van der Waals surface area contributed by atoms with Crippen molar-refractivity contribution in [1.82, 2.24) is 4.98 Å². The average Bonchev–Trinajstić information content (AvgIpc) is 2.78. The molecule has 0 N–H and O–H groups in total. The number of aromatic nitrogens is 1. The lowest BCUT2D eigenvalue weighted by molar-refractivity contribution is -0.385. The molecule has 0 amide bonds. The van der Waals surface area contributed by atoms with E-state index in [4.69, 9.17) is 4.74 Å². The van der Waals surface area contributed by atoms with Crippen LogP contribution in [0.4, 0.5) is 5.69 Å². The molecule has 0 spiro atoms. The molecule has 0 saturated heterocycles. The summed E-state index contributed by atoms with van der Waals surface area (Å²) in [4.78, 5) is 14.1. The number of nitriles is 1. The molecule has 30 heavy (non-hydrogen) atoms. The van der Waals surface area contributed by atoms with Crippen LogP contribution in [0, 0.1) is 21.4 Å². The third-order valence-electron chi connectivity index (χ3n) is 4.53. The molecule has 1 aromatic heterocycles. The third-order valence-corrected chi connectivity index (χ3v) is 4.53. The molecule has 0 aliphatic rings. The first-order valence-electron chi connectivity index (χ1n) is 9.12. The van der Waals surface area contributed by atoms with Crippen LogP contribution in [0.5, 0.6) is 11.6 Å². The van der Waals surface area contributed by atoms with Gasteiger partial charge in [0, 0.05) is 12.1 Å². The van der Waals surface area contributed by atoms with Crippen molar-refractivity contribution in [1.29, 1.82) is 5.26 Å². The van der Waals surface area contributed by atoms with E-state index in [0.29, 0.717) is 11.3 Å². The number of hydrogen-bond acceptors (Lipinski definition) is 5. The van der Waals surface area contributed by atoms with Gasteiger partial charge in [-0.2, -0.15) is 5.26 Å². The number of ether oxygens (including phenoxy) is 1. The molecular weight excluding hydrogens is 378 g/mol. The Morgan fingerprint density at radius 3 is 2.43 bits per heavy atom. The van der Waals surface area contributed by atoms with Crippen LogP contribution >= 0.6 is 0 Å². The highest BCUT2D eigenvalue weighted by atomic mass is 16.6. The lowest BCUT2D eigenvalue weighted by atomic mass is 10.0. The van der Waals surface area contributed by atoms with E-state index < -0.39 is 4.92 Å². The zero-order valence-corrected chi connectivity index (χ0v) is 15.7. The van der Waals surface area contributed by atoms with E-state index in [1.165, 1.54) is 12.1 Å². The molecule has 0 unspecified atom stereocenters. The molecule has 6 heteroatoms. The molecule has 144 valence electrons. The maximum Gasteiger partial charge on any atom is 0.287 e. The molecule has 0 aliphatic heterocycles. The van der Waals surface area contributed by atoms with Gasteiger partial charge in [-0.3, -0.25) is 10.1 Å². The Labute approximate surface area is 172 Å². The van der Waals surface area contributed by atoms with Gasteiger partial charge in [0.05, 0.1) is 16.6 Å². The molecule has 0 fully saturated rings. The predicted octanol–water partition coefficient (Wildman–Crippen LogP) is 6.00. The summed E-state index contributed by atoms with van der Waals surface area (Å²) in [6.07, 6.45) is 2.97. The van der Waals surface area contributed by atoms with Gasteiger partial charge in [0.15, 0.2) is 0 Å². The minimum atomic E-state index is -0.514. The van der Waals surface area contributed by atoms with Crippen molar-refractivity contribution < 1.29 is 9.66 Å². The van der Waals surface area contributed by atoms with Crippen LogP contribution in [0.2, 0.25) is 0 Å². The van der Waals surface area contributed by atoms with Crippen molar-refractivity contribution in [2.45, 2.75) is 0 Å². The fraction of sp³-hybridized carbons (Fsp3) is 0. The van der Waals surface area contributed by atoms with E-state index in [2.05, 4.69) is 11.1 Å². The summed E-state index contributed by atoms with van der Waals surface area (Å²) < 4.78 is 5.61. The highest BCUT2D eigenvalue weighted by Gasteiger charge is 2.07. The molecule has 3 aromatic carbocycles. The second-order valence-electron chi connectivity index (χ2n) is 6.51. The number of hydrogen-bond donors (Lipinski definition) is 0. The molecule has 0 radical (unpaired) electrons. The minimum absolute atomic E-state index is 0.0967. The van der Waals surface area contributed by atoms with Crippen molar-refractivity contribution >= 4 is 28.1 Å². The number of allylic oxidation sites excluding steroid dienone is 1. The second kappa shape index (κ2) is 8.25. The quantitative estimate of drug-likeness (QED) is 0.180. The smallest absolute Gasteiger partial charge is 0.287 e. The molecule has 0 aliphatic carbocycles. The van der Waals surface area contributed by atoms with Crippen LogP contribution in [0.1, 0.15) is 11.1 Å². The maximum atomic E-state index is 10.7.